The van der Waals surface area contributed by atoms with Gasteiger partial charge < -0.3 is 10.2 Å². The van der Waals surface area contributed by atoms with E-state index in [4.69, 9.17) is 10.2 Å². The molecule has 0 bridgehead atoms. The fourth-order valence-corrected chi connectivity index (χ4v) is 0. The summed E-state index contributed by atoms with van der Waals surface area (Å²) in [4.78, 5) is 9.69. The summed E-state index contributed by atoms with van der Waals surface area (Å²) in [6.45, 7) is 0. The lowest BCUT2D eigenvalue weighted by Crippen LogP contribution is -2.56. The standard InChI is InChI=1S/C2H6N2O3/c3-2(4,7)1(5)6/h7H,3-4H2,(H,5,6)/p+2. The maximum absolute atomic E-state index is 9.69. The first-order valence-corrected chi connectivity index (χ1v) is 1.53. The number of carbonyl (C=O) groups is 1. The van der Waals surface area contributed by atoms with Gasteiger partial charge in [0.2, 0.25) is 0 Å². The van der Waals surface area contributed by atoms with Crippen molar-refractivity contribution in [1.82, 2.24) is 0 Å². The molecule has 0 aromatic rings. The van der Waals surface area contributed by atoms with E-state index in [2.05, 4.69) is 11.5 Å². The van der Waals surface area contributed by atoms with Gasteiger partial charge in [-0.2, -0.15) is 0 Å². The number of hydrogen-bond donors (Lipinski definition) is 2. The second-order valence-corrected chi connectivity index (χ2v) is 1.20. The predicted octanol–water partition coefficient (Wildman–Crippen LogP) is -3.47. The van der Waals surface area contributed by atoms with Gasteiger partial charge in [-0.15, -0.1) is 0 Å². The van der Waals surface area contributed by atoms with Gasteiger partial charge in [0.25, 0.3) is 0 Å². The summed E-state index contributed by atoms with van der Waals surface area (Å²) in [5.74, 6) is -3.51. The Bertz CT molecular complexity index is 83.4. The van der Waals surface area contributed by atoms with Gasteiger partial charge in [0, 0.05) is 0 Å². The van der Waals surface area contributed by atoms with Crippen LogP contribution >= 0.6 is 0 Å². The Morgan fingerprint density at radius 3 is 1.71 bits per heavy atom. The van der Waals surface area contributed by atoms with E-state index in [-0.39, 0.29) is 0 Å². The minimum atomic E-state index is -2.22. The average molecular weight is 108 g/mol. The molecule has 0 saturated carbocycles. The van der Waals surface area contributed by atoms with E-state index in [0.29, 0.717) is 0 Å². The Labute approximate surface area is 39.5 Å². The van der Waals surface area contributed by atoms with Crippen molar-refractivity contribution in [3.63, 3.8) is 0 Å². The van der Waals surface area contributed by atoms with Gasteiger partial charge in [-0.05, 0) is 0 Å². The highest BCUT2D eigenvalue weighted by atomic mass is 16.4. The van der Waals surface area contributed by atoms with E-state index in [1.165, 1.54) is 0 Å². The average Bonchev–Trinajstić information content (AvgIpc) is 1.31. The van der Waals surface area contributed by atoms with Crippen LogP contribution in [0.3, 0.4) is 0 Å². The first-order chi connectivity index (χ1) is 2.94. The molecule has 5 nitrogen and oxygen atoms in total. The van der Waals surface area contributed by atoms with E-state index in [1.807, 2.05) is 0 Å². The highest BCUT2D eigenvalue weighted by molar-refractivity contribution is 5.75. The molecule has 0 fully saturated rings. The fourth-order valence-electron chi connectivity index (χ4n) is 0. The third-order valence-corrected chi connectivity index (χ3v) is 0.376. The molecular formula is C2H8N2O3+2. The van der Waals surface area contributed by atoms with Crippen molar-refractivity contribution < 1.29 is 15.0 Å². The number of carbonyl (C=O) groups excluding carboxylic acids is 1. The van der Waals surface area contributed by atoms with Crippen molar-refractivity contribution in [3.05, 3.63) is 0 Å². The van der Waals surface area contributed by atoms with E-state index < -0.39 is 11.8 Å². The molecule has 0 amide bonds. The quantitative estimate of drug-likeness (QED) is 0.268. The van der Waals surface area contributed by atoms with Crippen LogP contribution in [0.5, 0.6) is 0 Å². The zero-order valence-electron chi connectivity index (χ0n) is 3.56. The second-order valence-electron chi connectivity index (χ2n) is 1.20. The minimum absolute atomic E-state index is 1.28. The summed E-state index contributed by atoms with van der Waals surface area (Å²) in [6, 6.07) is 0. The van der Waals surface area contributed by atoms with Crippen LogP contribution in [0.4, 0.5) is 0 Å². The monoisotopic (exact) mass is 108 g/mol. The first-order valence-electron chi connectivity index (χ1n) is 1.53. The summed E-state index contributed by atoms with van der Waals surface area (Å²) in [7, 11) is 0. The molecule has 0 aliphatic carbocycles. The number of hydrogen-bond acceptors (Lipinski definition) is 3. The van der Waals surface area contributed by atoms with Crippen molar-refractivity contribution in [1.29, 1.82) is 0 Å². The van der Waals surface area contributed by atoms with Crippen LogP contribution in [-0.2, 0) is 4.79 Å². The van der Waals surface area contributed by atoms with E-state index in [9.17, 15) is 4.79 Å². The van der Waals surface area contributed by atoms with Crippen LogP contribution in [0.15, 0.2) is 0 Å². The van der Waals surface area contributed by atoms with Gasteiger partial charge in [-0.25, -0.2) is 11.5 Å². The molecule has 0 saturated heterocycles. The lowest BCUT2D eigenvalue weighted by Gasteiger charge is -1.96. The lowest BCUT2D eigenvalue weighted by molar-refractivity contribution is -0.157. The second kappa shape index (κ2) is 1.45. The lowest BCUT2D eigenvalue weighted by atomic mass is 10.5. The topological polar surface area (TPSA) is 115 Å². The van der Waals surface area contributed by atoms with Gasteiger partial charge in [-0.3, -0.25) is 0 Å². The maximum atomic E-state index is 9.69. The predicted molar refractivity (Wildman–Crippen MR) is 23.3 cm³/mol. The van der Waals surface area contributed by atoms with Gasteiger partial charge in [0.15, 0.2) is 0 Å². The zero-order valence-corrected chi connectivity index (χ0v) is 3.56. The van der Waals surface area contributed by atoms with Gasteiger partial charge >= 0.3 is 11.8 Å². The maximum Gasteiger partial charge on any atom is 0.634 e. The number of nitrogens with two attached hydrogens (primary N) is 2. The SMILES string of the molecule is NC(N)([OH2+])C(=O)[OH2+]. The molecule has 8 N–H and O–H groups in total. The Hall–Kier alpha value is -0.650. The minimum Gasteiger partial charge on any atom is -0.556 e. The van der Waals surface area contributed by atoms with Gasteiger partial charge in [-0.1, -0.05) is 0 Å². The number of rotatable bonds is 1. The largest absolute Gasteiger partial charge is 0.634 e. The molecule has 0 aliphatic rings. The molecule has 0 rings (SSSR count). The van der Waals surface area contributed by atoms with E-state index >= 15 is 0 Å². The van der Waals surface area contributed by atoms with Crippen LogP contribution in [0.1, 0.15) is 0 Å². The van der Waals surface area contributed by atoms with E-state index in [0.717, 1.165) is 0 Å². The molecule has 0 aromatic heterocycles. The molecule has 5 heteroatoms. The van der Waals surface area contributed by atoms with E-state index in [1.54, 1.807) is 0 Å². The summed E-state index contributed by atoms with van der Waals surface area (Å²) in [5.41, 5.74) is 9.17. The molecule has 42 valence electrons. The smallest absolute Gasteiger partial charge is 0.556 e. The first kappa shape index (κ1) is 6.35. The summed E-state index contributed by atoms with van der Waals surface area (Å²) in [6.07, 6.45) is 0. The molecule has 0 unspecified atom stereocenters. The molecule has 0 atom stereocenters. The van der Waals surface area contributed by atoms with Crippen LogP contribution in [0.2, 0.25) is 0 Å². The Balaban J connectivity index is 3.79. The molecule has 0 aromatic carbocycles. The van der Waals surface area contributed by atoms with Crippen LogP contribution < -0.4 is 11.5 Å². The highest BCUT2D eigenvalue weighted by Crippen LogP contribution is 1.77. The van der Waals surface area contributed by atoms with Gasteiger partial charge in [0.1, 0.15) is 0 Å². The van der Waals surface area contributed by atoms with Crippen molar-refractivity contribution in [2.45, 2.75) is 5.85 Å². The van der Waals surface area contributed by atoms with Crippen LogP contribution in [-0.4, -0.2) is 22.0 Å². The summed E-state index contributed by atoms with van der Waals surface area (Å²) in [5, 5.41) is 12.6. The Morgan fingerprint density at radius 2 is 1.71 bits per heavy atom. The molecule has 0 aliphatic heterocycles. The highest BCUT2D eigenvalue weighted by Gasteiger charge is 2.39. The Morgan fingerprint density at radius 1 is 1.57 bits per heavy atom. The molecule has 0 heterocycles. The van der Waals surface area contributed by atoms with Crippen LogP contribution in [0.25, 0.3) is 0 Å². The molecule has 0 radical (unpaired) electrons. The third kappa shape index (κ3) is 2.10. The molecular weight excluding hydrogens is 100 g/mol. The van der Waals surface area contributed by atoms with Crippen molar-refractivity contribution >= 4 is 5.97 Å². The molecule has 7 heavy (non-hydrogen) atoms. The van der Waals surface area contributed by atoms with Crippen molar-refractivity contribution in [3.8, 4) is 0 Å². The Kier molecular flexibility index (Phi) is 1.32. The summed E-state index contributed by atoms with van der Waals surface area (Å²) >= 11 is 0. The molecule has 0 spiro atoms. The van der Waals surface area contributed by atoms with Crippen molar-refractivity contribution in [2.75, 3.05) is 0 Å². The van der Waals surface area contributed by atoms with Crippen molar-refractivity contribution in [2.24, 2.45) is 11.5 Å². The van der Waals surface area contributed by atoms with Gasteiger partial charge in [0.05, 0.1) is 4.79 Å². The fraction of sp³-hybridized carbons (Fsp3) is 0.500. The normalized spacial score (nSPS) is 11.3. The zero-order chi connectivity index (χ0) is 6.08. The third-order valence-electron chi connectivity index (χ3n) is 0.376. The summed E-state index contributed by atoms with van der Waals surface area (Å²) < 4.78 is 0. The van der Waals surface area contributed by atoms with Crippen LogP contribution in [0, 0.1) is 0 Å².